The van der Waals surface area contributed by atoms with Crippen LogP contribution >= 0.6 is 22.9 Å². The van der Waals surface area contributed by atoms with Gasteiger partial charge in [-0.1, -0.05) is 78.3 Å². The number of benzene rings is 3. The highest BCUT2D eigenvalue weighted by molar-refractivity contribution is 7.16. The summed E-state index contributed by atoms with van der Waals surface area (Å²) in [5, 5.41) is 13.0. The first-order valence-electron chi connectivity index (χ1n) is 12.5. The van der Waals surface area contributed by atoms with E-state index in [4.69, 9.17) is 22.1 Å². The Kier molecular flexibility index (Phi) is 7.46. The Labute approximate surface area is 235 Å². The number of carbonyl (C=O) groups excluding carboxylic acids is 1. The lowest BCUT2D eigenvalue weighted by molar-refractivity contribution is -0.140. The molecule has 0 atom stereocenters. The van der Waals surface area contributed by atoms with Gasteiger partial charge in [-0.2, -0.15) is 0 Å². The monoisotopic (exact) mass is 558 g/mol. The molecule has 39 heavy (non-hydrogen) atoms. The van der Waals surface area contributed by atoms with E-state index in [1.54, 1.807) is 23.5 Å². The predicted molar refractivity (Wildman–Crippen MR) is 157 cm³/mol. The largest absolute Gasteiger partial charge is 0.481 e. The zero-order valence-electron chi connectivity index (χ0n) is 21.2. The molecule has 1 heterocycles. The van der Waals surface area contributed by atoms with Crippen LogP contribution in [0.15, 0.2) is 79.0 Å². The van der Waals surface area contributed by atoms with Crippen LogP contribution in [0.5, 0.6) is 0 Å². The summed E-state index contributed by atoms with van der Waals surface area (Å²) in [5.74, 6) is -0.758. The lowest BCUT2D eigenvalue weighted by Crippen LogP contribution is -2.19. The van der Waals surface area contributed by atoms with Crippen molar-refractivity contribution in [3.8, 4) is 21.6 Å². The quantitative estimate of drug-likeness (QED) is 0.204. The van der Waals surface area contributed by atoms with E-state index < -0.39 is 17.5 Å². The van der Waals surface area contributed by atoms with Gasteiger partial charge in [-0.15, -0.1) is 11.3 Å². The van der Waals surface area contributed by atoms with Crippen LogP contribution in [-0.4, -0.2) is 17.2 Å². The molecule has 1 amide bonds. The first kappa shape index (κ1) is 26.5. The van der Waals surface area contributed by atoms with Gasteiger partial charge in [0.15, 0.2) is 0 Å². The summed E-state index contributed by atoms with van der Waals surface area (Å²) in [4.78, 5) is 26.3. The molecule has 0 spiro atoms. The van der Waals surface area contributed by atoms with E-state index in [0.717, 1.165) is 43.1 Å². The summed E-state index contributed by atoms with van der Waals surface area (Å²) in [6.07, 6.45) is 3.98. The van der Waals surface area contributed by atoms with Gasteiger partial charge in [0.1, 0.15) is 6.61 Å². The highest BCUT2D eigenvalue weighted by atomic mass is 35.5. The molecule has 8 heteroatoms. The average Bonchev–Trinajstić information content (AvgIpc) is 3.71. The molecule has 1 aliphatic carbocycles. The van der Waals surface area contributed by atoms with Crippen molar-refractivity contribution in [2.75, 3.05) is 5.32 Å². The number of halogens is 1. The molecule has 0 radical (unpaired) electrons. The Balaban J connectivity index is 1.37. The third-order valence-electron chi connectivity index (χ3n) is 7.01. The number of thiophene rings is 1. The Morgan fingerprint density at radius 2 is 1.64 bits per heavy atom. The van der Waals surface area contributed by atoms with Crippen molar-refractivity contribution in [2.45, 2.75) is 31.8 Å². The van der Waals surface area contributed by atoms with Gasteiger partial charge >= 0.3 is 12.1 Å². The van der Waals surface area contributed by atoms with Crippen molar-refractivity contribution in [3.05, 3.63) is 106 Å². The maximum Gasteiger partial charge on any atom is 0.412 e. The average molecular weight is 559 g/mol. The number of hydrogen-bond acceptors (Lipinski definition) is 5. The molecule has 0 aliphatic heterocycles. The fourth-order valence-corrected chi connectivity index (χ4v) is 5.92. The van der Waals surface area contributed by atoms with Gasteiger partial charge in [-0.25, -0.2) is 4.79 Å². The summed E-state index contributed by atoms with van der Waals surface area (Å²) in [6.45, 7) is 2.02. The number of carbonyl (C=O) groups is 2. The smallest absolute Gasteiger partial charge is 0.412 e. The van der Waals surface area contributed by atoms with E-state index >= 15 is 0 Å². The molecule has 1 aliphatic rings. The lowest BCUT2D eigenvalue weighted by atomic mass is 9.93. The molecule has 0 bridgehead atoms. The minimum Gasteiger partial charge on any atom is -0.481 e. The molecule has 4 N–H and O–H groups in total. The third kappa shape index (κ3) is 5.41. The number of carboxylic acid groups (broad SMARTS) is 1. The summed E-state index contributed by atoms with van der Waals surface area (Å²) >= 11 is 7.74. The molecule has 0 unspecified atom stereocenters. The van der Waals surface area contributed by atoms with Crippen LogP contribution in [0.3, 0.4) is 0 Å². The number of carboxylic acids is 1. The topological polar surface area (TPSA) is 102 Å². The van der Waals surface area contributed by atoms with Crippen molar-refractivity contribution in [1.29, 1.82) is 0 Å². The number of nitrogens with one attached hydrogen (secondary N) is 1. The van der Waals surface area contributed by atoms with Crippen molar-refractivity contribution in [1.82, 2.24) is 0 Å². The molecule has 3 aromatic carbocycles. The number of amides is 1. The highest BCUT2D eigenvalue weighted by Gasteiger charge is 2.51. The van der Waals surface area contributed by atoms with Crippen LogP contribution in [0, 0.1) is 6.92 Å². The molecule has 1 saturated carbocycles. The number of ether oxygens (including phenoxy) is 1. The Hall–Kier alpha value is -4.07. The van der Waals surface area contributed by atoms with Crippen LogP contribution in [0.1, 0.15) is 34.4 Å². The normalized spacial score (nSPS) is 13.8. The molecule has 0 saturated heterocycles. The highest BCUT2D eigenvalue weighted by Crippen LogP contribution is 2.48. The summed E-state index contributed by atoms with van der Waals surface area (Å²) in [6, 6.07) is 23.0. The van der Waals surface area contributed by atoms with Gasteiger partial charge in [-0.05, 0) is 60.4 Å². The first-order chi connectivity index (χ1) is 18.8. The molecular formula is C31H27ClN2O4S. The van der Waals surface area contributed by atoms with E-state index in [9.17, 15) is 14.7 Å². The second-order valence-corrected chi connectivity index (χ2v) is 11.1. The van der Waals surface area contributed by atoms with Crippen LogP contribution in [-0.2, 0) is 21.6 Å². The van der Waals surface area contributed by atoms with Crippen LogP contribution in [0.2, 0.25) is 5.02 Å². The first-order valence-corrected chi connectivity index (χ1v) is 13.7. The van der Waals surface area contributed by atoms with Gasteiger partial charge in [0.25, 0.3) is 0 Å². The van der Waals surface area contributed by atoms with Crippen molar-refractivity contribution in [3.63, 3.8) is 0 Å². The van der Waals surface area contributed by atoms with Gasteiger partial charge in [0, 0.05) is 21.0 Å². The Morgan fingerprint density at radius 3 is 2.23 bits per heavy atom. The van der Waals surface area contributed by atoms with E-state index in [1.807, 2.05) is 73.7 Å². The standard InChI is InChI=1S/C31H27ClN2O4S/c1-19-25(14-17-33)27(34-30(37)38-18-23-4-2-3-5-26(23)32)28(39-19)22-8-6-20(7-9-22)21-10-12-24(13-11-21)31(15-16-31)29(35)36/h2-14,17H,15-16,18,33H2,1H3,(H,34,37)(H,35,36)/b17-14-. The second-order valence-electron chi connectivity index (χ2n) is 9.47. The van der Waals surface area contributed by atoms with E-state index in [0.29, 0.717) is 23.6 Å². The lowest BCUT2D eigenvalue weighted by Gasteiger charge is -2.12. The van der Waals surface area contributed by atoms with Gasteiger partial charge < -0.3 is 15.6 Å². The molecule has 4 aromatic rings. The second kappa shape index (κ2) is 11.0. The maximum absolute atomic E-state index is 12.8. The molecule has 1 fully saturated rings. The summed E-state index contributed by atoms with van der Waals surface area (Å²) < 4.78 is 5.45. The number of rotatable bonds is 8. The molecule has 6 nitrogen and oxygen atoms in total. The van der Waals surface area contributed by atoms with Crippen molar-refractivity contribution in [2.24, 2.45) is 5.73 Å². The van der Waals surface area contributed by atoms with Gasteiger partial charge in [0.2, 0.25) is 0 Å². The Bertz CT molecular complexity index is 1550. The van der Waals surface area contributed by atoms with E-state index in [2.05, 4.69) is 5.32 Å². The fourth-order valence-electron chi connectivity index (χ4n) is 4.63. The number of anilines is 1. The number of nitrogens with two attached hydrogens (primary N) is 1. The number of aliphatic carboxylic acids is 1. The van der Waals surface area contributed by atoms with Crippen LogP contribution < -0.4 is 11.1 Å². The van der Waals surface area contributed by atoms with E-state index in [-0.39, 0.29) is 6.61 Å². The van der Waals surface area contributed by atoms with Gasteiger partial charge in [-0.3, -0.25) is 10.1 Å². The van der Waals surface area contributed by atoms with E-state index in [1.165, 1.54) is 6.20 Å². The van der Waals surface area contributed by atoms with Gasteiger partial charge in [0.05, 0.1) is 16.0 Å². The maximum atomic E-state index is 12.8. The Morgan fingerprint density at radius 1 is 1.03 bits per heavy atom. The zero-order valence-corrected chi connectivity index (χ0v) is 22.8. The van der Waals surface area contributed by atoms with Crippen molar-refractivity contribution >= 4 is 46.8 Å². The van der Waals surface area contributed by atoms with Crippen LogP contribution in [0.4, 0.5) is 10.5 Å². The fraction of sp³-hybridized carbons (Fsp3) is 0.161. The van der Waals surface area contributed by atoms with Crippen LogP contribution in [0.25, 0.3) is 27.6 Å². The molecule has 1 aromatic heterocycles. The minimum absolute atomic E-state index is 0.0487. The summed E-state index contributed by atoms with van der Waals surface area (Å²) in [7, 11) is 0. The SMILES string of the molecule is Cc1sc(-c2ccc(-c3ccc(C4(C(=O)O)CC4)cc3)cc2)c(NC(=O)OCc2ccccc2Cl)c1/C=C\N. The molecular weight excluding hydrogens is 532 g/mol. The number of hydrogen-bond donors (Lipinski definition) is 3. The summed E-state index contributed by atoms with van der Waals surface area (Å²) in [5.41, 5.74) is 10.9. The van der Waals surface area contributed by atoms with Crippen molar-refractivity contribution < 1.29 is 19.4 Å². The molecule has 5 rings (SSSR count). The molecule has 198 valence electrons. The minimum atomic E-state index is -0.758. The zero-order chi connectivity index (χ0) is 27.6. The predicted octanol–water partition coefficient (Wildman–Crippen LogP) is 7.84. The number of aryl methyl sites for hydroxylation is 1. The third-order valence-corrected chi connectivity index (χ3v) is 8.55.